The summed E-state index contributed by atoms with van der Waals surface area (Å²) >= 11 is 0. The van der Waals surface area contributed by atoms with Crippen LogP contribution in [0.15, 0.2) is 66.7 Å². The molecule has 0 aromatic heterocycles. The Kier molecular flexibility index (Phi) is 6.09. The van der Waals surface area contributed by atoms with Gasteiger partial charge in [0.15, 0.2) is 11.4 Å². The number of amides is 1. The molecule has 3 aromatic rings. The number of aryl methyl sites for hydroxylation is 1. The predicted molar refractivity (Wildman–Crippen MR) is 129 cm³/mol. The van der Waals surface area contributed by atoms with E-state index in [0.29, 0.717) is 35.0 Å². The summed E-state index contributed by atoms with van der Waals surface area (Å²) in [6.45, 7) is 6.62. The molecule has 5 nitrogen and oxygen atoms in total. The molecule has 1 heterocycles. The first kappa shape index (κ1) is 22.7. The number of hydrogen-bond donors (Lipinski definition) is 1. The van der Waals surface area contributed by atoms with Gasteiger partial charge in [-0.3, -0.25) is 9.59 Å². The highest BCUT2D eigenvalue weighted by atomic mass is 16.5. The third-order valence-electron chi connectivity index (χ3n) is 6.44. The van der Waals surface area contributed by atoms with Gasteiger partial charge < -0.3 is 14.7 Å². The van der Waals surface area contributed by atoms with Gasteiger partial charge in [0.1, 0.15) is 5.75 Å². The van der Waals surface area contributed by atoms with Crippen LogP contribution < -0.4 is 9.64 Å². The molecule has 0 saturated carbocycles. The van der Waals surface area contributed by atoms with Crippen LogP contribution in [-0.2, 0) is 16.9 Å². The van der Waals surface area contributed by atoms with Gasteiger partial charge in [0.2, 0.25) is 0 Å². The Morgan fingerprint density at radius 3 is 2.42 bits per heavy atom. The fourth-order valence-corrected chi connectivity index (χ4v) is 4.34. The Labute approximate surface area is 194 Å². The number of rotatable bonds is 7. The predicted octanol–water partition coefficient (Wildman–Crippen LogP) is 5.13. The van der Waals surface area contributed by atoms with Crippen LogP contribution in [0, 0.1) is 6.92 Å². The van der Waals surface area contributed by atoms with Crippen molar-refractivity contribution < 1.29 is 19.4 Å². The molecular formula is C28H29NO4. The summed E-state index contributed by atoms with van der Waals surface area (Å²) < 4.78 is 5.15. The molecule has 170 valence electrons. The molecule has 1 aliphatic heterocycles. The fraction of sp³-hybridized carbons (Fsp3) is 0.286. The van der Waals surface area contributed by atoms with Gasteiger partial charge in [0, 0.05) is 11.1 Å². The van der Waals surface area contributed by atoms with Gasteiger partial charge in [-0.25, -0.2) is 0 Å². The average Bonchev–Trinajstić information content (AvgIpc) is 3.02. The molecule has 0 radical (unpaired) electrons. The van der Waals surface area contributed by atoms with Crippen molar-refractivity contribution in [3.8, 4) is 5.75 Å². The van der Waals surface area contributed by atoms with Crippen molar-refractivity contribution in [2.75, 3.05) is 12.0 Å². The SMILES string of the molecule is COc1ccc(C(=O)CC2(O)C(=O)N(Cc3cc(C(C)C)ccc3C)c3ccccc32)cc1. The summed E-state index contributed by atoms with van der Waals surface area (Å²) in [5, 5.41) is 11.6. The molecule has 4 rings (SSSR count). The molecular weight excluding hydrogens is 414 g/mol. The van der Waals surface area contributed by atoms with E-state index in [1.807, 2.05) is 19.1 Å². The number of methoxy groups -OCH3 is 1. The smallest absolute Gasteiger partial charge is 0.264 e. The molecule has 0 saturated heterocycles. The Hall–Kier alpha value is -3.44. The van der Waals surface area contributed by atoms with E-state index >= 15 is 0 Å². The van der Waals surface area contributed by atoms with E-state index in [0.717, 1.165) is 11.1 Å². The number of carbonyl (C=O) groups excluding carboxylic acids is 2. The number of Topliss-reactive ketones (excluding diaryl/α,β-unsaturated/α-hetero) is 1. The minimum atomic E-state index is -1.91. The molecule has 5 heteroatoms. The van der Waals surface area contributed by atoms with Crippen LogP contribution in [-0.4, -0.2) is 23.9 Å². The van der Waals surface area contributed by atoms with Gasteiger partial charge in [0.25, 0.3) is 5.91 Å². The molecule has 1 amide bonds. The van der Waals surface area contributed by atoms with Crippen LogP contribution in [0.2, 0.25) is 0 Å². The Morgan fingerprint density at radius 1 is 1.06 bits per heavy atom. The molecule has 0 fully saturated rings. The number of ether oxygens (including phenoxy) is 1. The number of benzene rings is 3. The zero-order valence-corrected chi connectivity index (χ0v) is 19.5. The summed E-state index contributed by atoms with van der Waals surface area (Å²) in [5.74, 6) is 0.228. The van der Waals surface area contributed by atoms with Crippen molar-refractivity contribution in [3.63, 3.8) is 0 Å². The molecule has 1 N–H and O–H groups in total. The van der Waals surface area contributed by atoms with E-state index in [2.05, 4.69) is 32.0 Å². The number of aliphatic hydroxyl groups is 1. The maximum atomic E-state index is 13.6. The Bertz CT molecular complexity index is 1200. The van der Waals surface area contributed by atoms with Crippen molar-refractivity contribution in [1.29, 1.82) is 0 Å². The standard InChI is InChI=1S/C28H29NO4/c1-18(2)21-10-9-19(3)22(15-21)17-29-25-8-6-5-7-24(25)28(32,27(29)31)16-26(30)20-11-13-23(33-4)14-12-20/h5-15,18,32H,16-17H2,1-4H3. The molecule has 33 heavy (non-hydrogen) atoms. The molecule has 1 aliphatic rings. The van der Waals surface area contributed by atoms with E-state index in [-0.39, 0.29) is 12.2 Å². The Balaban J connectivity index is 1.67. The van der Waals surface area contributed by atoms with E-state index in [4.69, 9.17) is 4.74 Å². The molecule has 3 aromatic carbocycles. The highest BCUT2D eigenvalue weighted by Crippen LogP contribution is 2.43. The highest BCUT2D eigenvalue weighted by molar-refractivity contribution is 6.10. The lowest BCUT2D eigenvalue weighted by molar-refractivity contribution is -0.136. The number of nitrogens with zero attached hydrogens (tertiary/aromatic N) is 1. The number of para-hydroxylation sites is 1. The van der Waals surface area contributed by atoms with E-state index in [9.17, 15) is 14.7 Å². The third-order valence-corrected chi connectivity index (χ3v) is 6.44. The average molecular weight is 444 g/mol. The second-order valence-electron chi connectivity index (χ2n) is 8.94. The first-order chi connectivity index (χ1) is 15.7. The highest BCUT2D eigenvalue weighted by Gasteiger charge is 2.50. The second-order valence-corrected chi connectivity index (χ2v) is 8.94. The van der Waals surface area contributed by atoms with Crippen molar-refractivity contribution >= 4 is 17.4 Å². The Morgan fingerprint density at radius 2 is 1.76 bits per heavy atom. The van der Waals surface area contributed by atoms with Crippen LogP contribution >= 0.6 is 0 Å². The largest absolute Gasteiger partial charge is 0.497 e. The zero-order valence-electron chi connectivity index (χ0n) is 19.5. The van der Waals surface area contributed by atoms with Gasteiger partial charge >= 0.3 is 0 Å². The monoisotopic (exact) mass is 443 g/mol. The molecule has 0 aliphatic carbocycles. The van der Waals surface area contributed by atoms with Gasteiger partial charge in [-0.15, -0.1) is 0 Å². The van der Waals surface area contributed by atoms with Crippen molar-refractivity contribution in [3.05, 3.63) is 94.5 Å². The zero-order chi connectivity index (χ0) is 23.8. The number of fused-ring (bicyclic) bond motifs is 1. The summed E-state index contributed by atoms with van der Waals surface area (Å²) in [7, 11) is 1.56. The lowest BCUT2D eigenvalue weighted by Crippen LogP contribution is -2.41. The van der Waals surface area contributed by atoms with Gasteiger partial charge in [-0.1, -0.05) is 50.2 Å². The van der Waals surface area contributed by atoms with E-state index in [1.54, 1.807) is 48.4 Å². The fourth-order valence-electron chi connectivity index (χ4n) is 4.34. The van der Waals surface area contributed by atoms with Crippen molar-refractivity contribution in [2.45, 2.75) is 45.3 Å². The number of anilines is 1. The number of carbonyl (C=O) groups is 2. The molecule has 1 atom stereocenters. The minimum Gasteiger partial charge on any atom is -0.497 e. The van der Waals surface area contributed by atoms with E-state index < -0.39 is 11.5 Å². The van der Waals surface area contributed by atoms with E-state index in [1.165, 1.54) is 5.56 Å². The van der Waals surface area contributed by atoms with Gasteiger partial charge in [-0.2, -0.15) is 0 Å². The maximum absolute atomic E-state index is 13.6. The lowest BCUT2D eigenvalue weighted by atomic mass is 9.88. The number of ketones is 1. The van der Waals surface area contributed by atoms with Crippen LogP contribution in [0.5, 0.6) is 5.75 Å². The summed E-state index contributed by atoms with van der Waals surface area (Å²) in [5.41, 5.74) is 2.92. The first-order valence-electron chi connectivity index (χ1n) is 11.1. The van der Waals surface area contributed by atoms with Crippen LogP contribution in [0.25, 0.3) is 0 Å². The molecule has 0 bridgehead atoms. The first-order valence-corrected chi connectivity index (χ1v) is 11.1. The van der Waals surface area contributed by atoms with Crippen LogP contribution in [0.3, 0.4) is 0 Å². The normalized spacial score (nSPS) is 17.4. The van der Waals surface area contributed by atoms with Crippen molar-refractivity contribution in [2.24, 2.45) is 0 Å². The lowest BCUT2D eigenvalue weighted by Gasteiger charge is -2.24. The van der Waals surface area contributed by atoms with Gasteiger partial charge in [-0.05, 0) is 59.9 Å². The van der Waals surface area contributed by atoms with Crippen LogP contribution in [0.1, 0.15) is 58.8 Å². The minimum absolute atomic E-state index is 0.303. The second kappa shape index (κ2) is 8.83. The third kappa shape index (κ3) is 4.16. The van der Waals surface area contributed by atoms with Gasteiger partial charge in [0.05, 0.1) is 25.8 Å². The summed E-state index contributed by atoms with van der Waals surface area (Å²) in [6.07, 6.45) is -0.323. The molecule has 1 unspecified atom stereocenters. The number of hydrogen-bond acceptors (Lipinski definition) is 4. The quantitative estimate of drug-likeness (QED) is 0.514. The van der Waals surface area contributed by atoms with Crippen LogP contribution in [0.4, 0.5) is 5.69 Å². The molecule has 0 spiro atoms. The van der Waals surface area contributed by atoms with Crippen molar-refractivity contribution in [1.82, 2.24) is 0 Å². The summed E-state index contributed by atoms with van der Waals surface area (Å²) in [4.78, 5) is 28.2. The maximum Gasteiger partial charge on any atom is 0.264 e. The summed E-state index contributed by atoms with van der Waals surface area (Å²) in [6, 6.07) is 20.1. The topological polar surface area (TPSA) is 66.8 Å².